The lowest BCUT2D eigenvalue weighted by molar-refractivity contribution is 0.317. The molecular weight excluding hydrogens is 394 g/mol. The van der Waals surface area contributed by atoms with E-state index in [1.165, 1.54) is 10.6 Å². The first-order valence-electron chi connectivity index (χ1n) is 9.17. The summed E-state index contributed by atoms with van der Waals surface area (Å²) in [7, 11) is -1.62. The van der Waals surface area contributed by atoms with E-state index in [1.54, 1.807) is 18.0 Å². The van der Waals surface area contributed by atoms with Crippen molar-refractivity contribution in [3.05, 3.63) is 30.1 Å². The number of imidazole rings is 1. The Morgan fingerprint density at radius 1 is 1.24 bits per heavy atom. The van der Waals surface area contributed by atoms with Crippen molar-refractivity contribution in [1.29, 1.82) is 0 Å². The highest BCUT2D eigenvalue weighted by Gasteiger charge is 2.27. The van der Waals surface area contributed by atoms with Crippen molar-refractivity contribution in [3.63, 3.8) is 0 Å². The summed E-state index contributed by atoms with van der Waals surface area (Å²) >= 11 is 0. The van der Waals surface area contributed by atoms with Crippen molar-refractivity contribution in [2.75, 3.05) is 37.9 Å². The highest BCUT2D eigenvalue weighted by atomic mass is 32.2. The highest BCUT2D eigenvalue weighted by molar-refractivity contribution is 7.88. The maximum atomic E-state index is 11.9. The minimum Gasteiger partial charge on any atom is -0.495 e. The number of nitrogen functional groups attached to an aromatic ring is 2. The van der Waals surface area contributed by atoms with Gasteiger partial charge < -0.3 is 16.2 Å². The summed E-state index contributed by atoms with van der Waals surface area (Å²) in [5, 5.41) is 0. The summed E-state index contributed by atoms with van der Waals surface area (Å²) in [5.74, 6) is 1.00. The largest absolute Gasteiger partial charge is 0.495 e. The molecule has 1 fully saturated rings. The Bertz CT molecular complexity index is 1180. The van der Waals surface area contributed by atoms with E-state index in [4.69, 9.17) is 16.2 Å². The zero-order chi connectivity index (χ0) is 20.8. The predicted molar refractivity (Wildman–Crippen MR) is 110 cm³/mol. The molecule has 154 valence electrons. The number of aromatic nitrogens is 4. The van der Waals surface area contributed by atoms with Crippen LogP contribution in [0.3, 0.4) is 0 Å². The Morgan fingerprint density at radius 3 is 2.76 bits per heavy atom. The number of rotatable bonds is 4. The monoisotopic (exact) mass is 417 g/mol. The van der Waals surface area contributed by atoms with E-state index >= 15 is 0 Å². The number of methoxy groups -OCH3 is 1. The second-order valence-corrected chi connectivity index (χ2v) is 9.13. The molecule has 3 aromatic rings. The third kappa shape index (κ3) is 3.58. The molecule has 0 aliphatic carbocycles. The summed E-state index contributed by atoms with van der Waals surface area (Å²) < 4.78 is 32.8. The molecule has 1 unspecified atom stereocenters. The fourth-order valence-electron chi connectivity index (χ4n) is 3.78. The van der Waals surface area contributed by atoms with Gasteiger partial charge in [0.2, 0.25) is 16.0 Å². The lowest BCUT2D eigenvalue weighted by Crippen LogP contribution is -2.38. The van der Waals surface area contributed by atoms with E-state index in [9.17, 15) is 8.42 Å². The van der Waals surface area contributed by atoms with Gasteiger partial charge in [0.1, 0.15) is 12.1 Å². The zero-order valence-electron chi connectivity index (χ0n) is 16.2. The van der Waals surface area contributed by atoms with Crippen molar-refractivity contribution in [1.82, 2.24) is 23.8 Å². The molecule has 10 nitrogen and oxygen atoms in total. The predicted octanol–water partition coefficient (Wildman–Crippen LogP) is 1.13. The average molecular weight is 417 g/mol. The number of piperidine rings is 1. The third-order valence-electron chi connectivity index (χ3n) is 5.23. The minimum atomic E-state index is -3.21. The summed E-state index contributed by atoms with van der Waals surface area (Å²) in [6.45, 7) is 1.03. The van der Waals surface area contributed by atoms with Gasteiger partial charge in [-0.1, -0.05) is 6.07 Å². The van der Waals surface area contributed by atoms with E-state index < -0.39 is 10.0 Å². The van der Waals surface area contributed by atoms with Gasteiger partial charge in [-0.25, -0.2) is 17.7 Å². The molecule has 1 aromatic carbocycles. The third-order valence-corrected chi connectivity index (χ3v) is 6.50. The molecular formula is C18H23N7O3S. The molecule has 1 atom stereocenters. The molecule has 0 amide bonds. The van der Waals surface area contributed by atoms with Crippen molar-refractivity contribution >= 4 is 33.0 Å². The maximum absolute atomic E-state index is 11.9. The van der Waals surface area contributed by atoms with Crippen LogP contribution >= 0.6 is 0 Å². The standard InChI is InChI=1S/C18H23N7O3S/c1-28-14-8-11(12-4-3-7-24(9-12)29(2,26)27)5-6-13(14)25-10-21-15-16(19)22-18(20)23-17(15)25/h5-6,8,10,12H,3-4,7,9H2,1-2H3,(H4,19,20,22,23). The van der Waals surface area contributed by atoms with Crippen LogP contribution in [0, 0.1) is 0 Å². The van der Waals surface area contributed by atoms with Gasteiger partial charge >= 0.3 is 0 Å². The number of fused-ring (bicyclic) bond motifs is 1. The Labute approximate surface area is 168 Å². The van der Waals surface area contributed by atoms with E-state index in [1.807, 2.05) is 18.2 Å². The first kappa shape index (κ1) is 19.4. The van der Waals surface area contributed by atoms with Crippen LogP contribution in [0.1, 0.15) is 24.3 Å². The van der Waals surface area contributed by atoms with Gasteiger partial charge in [-0.15, -0.1) is 0 Å². The summed E-state index contributed by atoms with van der Waals surface area (Å²) in [6, 6.07) is 5.82. The smallest absolute Gasteiger partial charge is 0.224 e. The molecule has 0 bridgehead atoms. The topological polar surface area (TPSA) is 142 Å². The van der Waals surface area contributed by atoms with Gasteiger partial charge in [0.05, 0.1) is 19.1 Å². The normalized spacial score (nSPS) is 18.2. The van der Waals surface area contributed by atoms with Gasteiger partial charge in [-0.3, -0.25) is 4.57 Å². The van der Waals surface area contributed by atoms with Gasteiger partial charge in [0.15, 0.2) is 17.0 Å². The van der Waals surface area contributed by atoms with Crippen LogP contribution in [-0.4, -0.2) is 58.7 Å². The fourth-order valence-corrected chi connectivity index (χ4v) is 4.69. The average Bonchev–Trinajstić information content (AvgIpc) is 3.11. The summed E-state index contributed by atoms with van der Waals surface area (Å²) in [5.41, 5.74) is 14.3. The van der Waals surface area contributed by atoms with Crippen LogP contribution in [0.15, 0.2) is 24.5 Å². The molecule has 1 aliphatic rings. The molecule has 4 rings (SSSR count). The molecule has 1 aliphatic heterocycles. The van der Waals surface area contributed by atoms with E-state index in [2.05, 4.69) is 15.0 Å². The van der Waals surface area contributed by atoms with Crippen molar-refractivity contribution < 1.29 is 13.2 Å². The summed E-state index contributed by atoms with van der Waals surface area (Å²) in [4.78, 5) is 12.5. The Balaban J connectivity index is 1.73. The molecule has 11 heteroatoms. The molecule has 29 heavy (non-hydrogen) atoms. The van der Waals surface area contributed by atoms with Crippen LogP contribution < -0.4 is 16.2 Å². The first-order chi connectivity index (χ1) is 13.8. The number of ether oxygens (including phenoxy) is 1. The molecule has 2 aromatic heterocycles. The second kappa shape index (κ2) is 7.16. The lowest BCUT2D eigenvalue weighted by atomic mass is 9.91. The quantitative estimate of drug-likeness (QED) is 0.643. The Morgan fingerprint density at radius 2 is 2.03 bits per heavy atom. The zero-order valence-corrected chi connectivity index (χ0v) is 17.1. The maximum Gasteiger partial charge on any atom is 0.224 e. The number of nitrogens with two attached hydrogens (primary N) is 2. The highest BCUT2D eigenvalue weighted by Crippen LogP contribution is 2.34. The number of hydrogen-bond donors (Lipinski definition) is 2. The Kier molecular flexibility index (Phi) is 4.79. The van der Waals surface area contributed by atoms with Gasteiger partial charge in [0, 0.05) is 13.1 Å². The van der Waals surface area contributed by atoms with Crippen LogP contribution in [0.5, 0.6) is 5.75 Å². The molecule has 3 heterocycles. The number of benzene rings is 1. The van der Waals surface area contributed by atoms with Crippen molar-refractivity contribution in [2.45, 2.75) is 18.8 Å². The van der Waals surface area contributed by atoms with E-state index in [-0.39, 0.29) is 17.7 Å². The van der Waals surface area contributed by atoms with E-state index in [0.29, 0.717) is 30.0 Å². The van der Waals surface area contributed by atoms with Crippen LogP contribution in [0.2, 0.25) is 0 Å². The molecule has 0 radical (unpaired) electrons. The Hall–Kier alpha value is -2.92. The number of nitrogens with zero attached hydrogens (tertiary/aromatic N) is 5. The molecule has 1 saturated heterocycles. The number of anilines is 2. The van der Waals surface area contributed by atoms with Gasteiger partial charge in [0.25, 0.3) is 0 Å². The van der Waals surface area contributed by atoms with Crippen LogP contribution in [-0.2, 0) is 10.0 Å². The minimum absolute atomic E-state index is 0.0652. The second-order valence-electron chi connectivity index (χ2n) is 7.15. The van der Waals surface area contributed by atoms with E-state index in [0.717, 1.165) is 24.1 Å². The number of sulfonamides is 1. The van der Waals surface area contributed by atoms with Crippen molar-refractivity contribution in [2.24, 2.45) is 0 Å². The number of hydrogen-bond acceptors (Lipinski definition) is 8. The SMILES string of the molecule is COc1cc(C2CCCN(S(C)(=O)=O)C2)ccc1-n1cnc2c(N)nc(N)nc21. The fraction of sp³-hybridized carbons (Fsp3) is 0.389. The molecule has 0 saturated carbocycles. The van der Waals surface area contributed by atoms with Crippen LogP contribution in [0.4, 0.5) is 11.8 Å². The lowest BCUT2D eigenvalue weighted by Gasteiger charge is -2.31. The first-order valence-corrected chi connectivity index (χ1v) is 11.0. The summed E-state index contributed by atoms with van der Waals surface area (Å²) in [6.07, 6.45) is 4.59. The van der Waals surface area contributed by atoms with Crippen molar-refractivity contribution in [3.8, 4) is 11.4 Å². The van der Waals surface area contributed by atoms with Crippen LogP contribution in [0.25, 0.3) is 16.9 Å². The molecule has 4 N–H and O–H groups in total. The molecule has 0 spiro atoms. The van der Waals surface area contributed by atoms with Gasteiger partial charge in [-0.05, 0) is 36.5 Å². The van der Waals surface area contributed by atoms with Gasteiger partial charge in [-0.2, -0.15) is 9.97 Å².